The van der Waals surface area contributed by atoms with Gasteiger partial charge in [0.15, 0.2) is 0 Å². The molecule has 0 saturated carbocycles. The number of hydrogen-bond donors (Lipinski definition) is 0. The van der Waals surface area contributed by atoms with E-state index in [2.05, 4.69) is 79.7 Å². The van der Waals surface area contributed by atoms with E-state index in [1.54, 1.807) is 0 Å². The van der Waals surface area contributed by atoms with Crippen molar-refractivity contribution in [2.45, 2.75) is 79.1 Å². The van der Waals surface area contributed by atoms with Gasteiger partial charge in [-0.3, -0.25) is 4.79 Å². The number of rotatable bonds is 17. The molecule has 5 heteroatoms. The van der Waals surface area contributed by atoms with Crippen molar-refractivity contribution in [2.75, 3.05) is 65.5 Å². The first kappa shape index (κ1) is 30.8. The summed E-state index contributed by atoms with van der Waals surface area (Å²) in [7, 11) is 0. The van der Waals surface area contributed by atoms with Crippen LogP contribution in [0.1, 0.15) is 79.2 Å². The molecule has 0 spiro atoms. The molecule has 0 aromatic heterocycles. The molecule has 1 aromatic carbocycles. The molecule has 1 aliphatic heterocycles. The highest BCUT2D eigenvalue weighted by Crippen LogP contribution is 2.46. The van der Waals surface area contributed by atoms with Gasteiger partial charge in [-0.05, 0) is 77.3 Å². The minimum Gasteiger partial charge on any atom is -0.465 e. The lowest BCUT2D eigenvalue weighted by molar-refractivity contribution is -0.161. The van der Waals surface area contributed by atoms with Crippen molar-refractivity contribution < 1.29 is 9.53 Å². The largest absolute Gasteiger partial charge is 0.465 e. The number of esters is 1. The Balaban J connectivity index is 2.68. The van der Waals surface area contributed by atoms with Gasteiger partial charge in [-0.15, -0.1) is 0 Å². The molecule has 1 fully saturated rings. The van der Waals surface area contributed by atoms with E-state index in [-0.39, 0.29) is 17.8 Å². The molecule has 1 aromatic rings. The van der Waals surface area contributed by atoms with Crippen LogP contribution in [0.3, 0.4) is 0 Å². The summed E-state index contributed by atoms with van der Waals surface area (Å²) in [4.78, 5) is 22.2. The molecular weight excluding hydrogens is 446 g/mol. The molecule has 0 amide bonds. The van der Waals surface area contributed by atoms with Crippen LogP contribution in [0.15, 0.2) is 30.3 Å². The summed E-state index contributed by atoms with van der Waals surface area (Å²) in [5.41, 5.74) is 0.511. The van der Waals surface area contributed by atoms with Crippen molar-refractivity contribution >= 4 is 5.97 Å². The van der Waals surface area contributed by atoms with Crippen molar-refractivity contribution in [2.24, 2.45) is 11.8 Å². The zero-order valence-electron chi connectivity index (χ0n) is 24.3. The molecule has 36 heavy (non-hydrogen) atoms. The Morgan fingerprint density at radius 3 is 1.67 bits per heavy atom. The first-order valence-electron chi connectivity index (χ1n) is 14.9. The van der Waals surface area contributed by atoms with Crippen molar-refractivity contribution in [3.63, 3.8) is 0 Å². The van der Waals surface area contributed by atoms with Gasteiger partial charge in [-0.2, -0.15) is 0 Å². The topological polar surface area (TPSA) is 36.0 Å². The average Bonchev–Trinajstić information content (AvgIpc) is 2.86. The maximum atomic E-state index is 14.3. The maximum absolute atomic E-state index is 14.3. The Kier molecular flexibility index (Phi) is 14.0. The van der Waals surface area contributed by atoms with Crippen molar-refractivity contribution in [3.05, 3.63) is 35.9 Å². The lowest BCUT2D eigenvalue weighted by Gasteiger charge is -2.53. The van der Waals surface area contributed by atoms with Gasteiger partial charge in [-0.1, -0.05) is 65.0 Å². The highest BCUT2D eigenvalue weighted by Gasteiger charge is 2.57. The van der Waals surface area contributed by atoms with Crippen molar-refractivity contribution in [1.82, 2.24) is 14.7 Å². The molecule has 0 radical (unpaired) electrons. The number of benzene rings is 1. The number of carbonyl (C=O) groups is 1. The number of carbonyl (C=O) groups excluding carboxylic acids is 1. The number of ether oxygens (including phenoxy) is 1. The Bertz CT molecular complexity index is 686. The fraction of sp³-hybridized carbons (Fsp3) is 0.774. The van der Waals surface area contributed by atoms with E-state index >= 15 is 0 Å². The predicted octanol–water partition coefficient (Wildman–Crippen LogP) is 5.69. The van der Waals surface area contributed by atoms with Gasteiger partial charge in [-0.25, -0.2) is 0 Å². The standard InChI is InChI=1S/C31H55N3O2/c1-7-18-32(19-8-2)23-28-25-34(22-11-5)26-29(24-33(20-9-3)21-10-4)31(28,30(35)36-12-6)27-16-14-13-15-17-27/h13-17,28-29H,7-12,18-26H2,1-6H3. The number of likely N-dealkylation sites (tertiary alicyclic amines) is 1. The van der Waals surface area contributed by atoms with Crippen molar-refractivity contribution in [1.29, 1.82) is 0 Å². The monoisotopic (exact) mass is 501 g/mol. The first-order chi connectivity index (χ1) is 17.5. The van der Waals surface area contributed by atoms with Crippen LogP contribution in [0.2, 0.25) is 0 Å². The molecule has 2 rings (SSSR count). The van der Waals surface area contributed by atoms with Crippen LogP contribution in [0.4, 0.5) is 0 Å². The summed E-state index contributed by atoms with van der Waals surface area (Å²) in [6, 6.07) is 10.7. The average molecular weight is 502 g/mol. The lowest BCUT2D eigenvalue weighted by atomic mass is 9.59. The van der Waals surface area contributed by atoms with Crippen LogP contribution < -0.4 is 0 Å². The van der Waals surface area contributed by atoms with Gasteiger partial charge in [0.2, 0.25) is 0 Å². The zero-order chi connectivity index (χ0) is 26.4. The van der Waals surface area contributed by atoms with Gasteiger partial charge in [0.1, 0.15) is 5.41 Å². The van der Waals surface area contributed by atoms with E-state index in [9.17, 15) is 4.79 Å². The minimum atomic E-state index is -0.638. The Morgan fingerprint density at radius 2 is 1.28 bits per heavy atom. The van der Waals surface area contributed by atoms with Crippen LogP contribution >= 0.6 is 0 Å². The van der Waals surface area contributed by atoms with Gasteiger partial charge in [0.25, 0.3) is 0 Å². The normalized spacial score (nSPS) is 22.9. The zero-order valence-corrected chi connectivity index (χ0v) is 24.3. The Hall–Kier alpha value is -1.43. The van der Waals surface area contributed by atoms with E-state index in [1.807, 2.05) is 6.92 Å². The van der Waals surface area contributed by atoms with E-state index < -0.39 is 5.41 Å². The second-order valence-electron chi connectivity index (χ2n) is 10.7. The SMILES string of the molecule is CCCN(CCC)CC1CN(CCC)CC(CN(CCC)CCC)C1(C(=O)OCC)c1ccccc1. The summed E-state index contributed by atoms with van der Waals surface area (Å²) in [6.07, 6.45) is 5.67. The number of nitrogens with zero attached hydrogens (tertiary/aromatic N) is 3. The highest BCUT2D eigenvalue weighted by molar-refractivity contribution is 5.84. The van der Waals surface area contributed by atoms with E-state index in [1.165, 1.54) is 0 Å². The van der Waals surface area contributed by atoms with Gasteiger partial charge >= 0.3 is 5.97 Å². The van der Waals surface area contributed by atoms with Crippen LogP contribution in [0, 0.1) is 11.8 Å². The van der Waals surface area contributed by atoms with E-state index in [0.717, 1.165) is 96.6 Å². The molecule has 1 aliphatic rings. The van der Waals surface area contributed by atoms with E-state index in [0.29, 0.717) is 6.61 Å². The highest BCUT2D eigenvalue weighted by atomic mass is 16.5. The fourth-order valence-electron chi connectivity index (χ4n) is 6.59. The molecule has 0 N–H and O–H groups in total. The molecule has 0 aliphatic carbocycles. The summed E-state index contributed by atoms with van der Waals surface area (Å²) < 4.78 is 6.00. The Morgan fingerprint density at radius 1 is 0.806 bits per heavy atom. The third-order valence-electron chi connectivity index (χ3n) is 7.77. The van der Waals surface area contributed by atoms with Gasteiger partial charge in [0, 0.05) is 38.0 Å². The lowest BCUT2D eigenvalue weighted by Crippen LogP contribution is -2.65. The van der Waals surface area contributed by atoms with E-state index in [4.69, 9.17) is 4.74 Å². The van der Waals surface area contributed by atoms with Crippen LogP contribution in [0.5, 0.6) is 0 Å². The predicted molar refractivity (Wildman–Crippen MR) is 153 cm³/mol. The Labute approximate surface area is 222 Å². The summed E-state index contributed by atoms with van der Waals surface area (Å²) in [5, 5.41) is 0. The molecule has 1 saturated heterocycles. The van der Waals surface area contributed by atoms with Crippen LogP contribution in [-0.2, 0) is 14.9 Å². The summed E-state index contributed by atoms with van der Waals surface area (Å²) in [5.74, 6) is 0.364. The van der Waals surface area contributed by atoms with Crippen LogP contribution in [-0.4, -0.2) is 86.2 Å². The number of piperidine rings is 1. The van der Waals surface area contributed by atoms with Gasteiger partial charge in [0.05, 0.1) is 6.61 Å². The summed E-state index contributed by atoms with van der Waals surface area (Å²) in [6.45, 7) is 22.9. The maximum Gasteiger partial charge on any atom is 0.317 e. The molecule has 0 bridgehead atoms. The number of hydrogen-bond acceptors (Lipinski definition) is 5. The smallest absolute Gasteiger partial charge is 0.317 e. The minimum absolute atomic E-state index is 0.0109. The van der Waals surface area contributed by atoms with Gasteiger partial charge < -0.3 is 19.4 Å². The molecule has 1 heterocycles. The molecule has 2 unspecified atom stereocenters. The quantitative estimate of drug-likeness (QED) is 0.256. The molecule has 5 nitrogen and oxygen atoms in total. The molecule has 2 atom stereocenters. The second-order valence-corrected chi connectivity index (χ2v) is 10.7. The fourth-order valence-corrected chi connectivity index (χ4v) is 6.59. The van der Waals surface area contributed by atoms with Crippen molar-refractivity contribution in [3.8, 4) is 0 Å². The van der Waals surface area contributed by atoms with Crippen LogP contribution in [0.25, 0.3) is 0 Å². The summed E-state index contributed by atoms with van der Waals surface area (Å²) >= 11 is 0. The second kappa shape index (κ2) is 16.4. The third kappa shape index (κ3) is 7.79. The molecular formula is C31H55N3O2. The first-order valence-corrected chi connectivity index (χ1v) is 14.9. The third-order valence-corrected chi connectivity index (χ3v) is 7.77. The molecule has 206 valence electrons.